The molecule has 0 amide bonds. The number of hydrogen-bond donors (Lipinski definition) is 0. The Kier molecular flexibility index (Phi) is 6.67. The molecular weight excluding hydrogens is 373 g/mol. The van der Waals surface area contributed by atoms with Crippen LogP contribution in [0.25, 0.3) is 0 Å². The van der Waals surface area contributed by atoms with Crippen molar-refractivity contribution in [1.29, 1.82) is 0 Å². The Balaban J connectivity index is 3.11. The molecule has 0 radical (unpaired) electrons. The van der Waals surface area contributed by atoms with Gasteiger partial charge in [-0.25, -0.2) is 9.74 Å². The molecule has 0 fully saturated rings. The smallest absolute Gasteiger partial charge is 0.347 e. The molecule has 0 aliphatic rings. The predicted octanol–water partition coefficient (Wildman–Crippen LogP) is 3.78. The van der Waals surface area contributed by atoms with Crippen LogP contribution >= 0.6 is 28.5 Å². The van der Waals surface area contributed by atoms with Crippen LogP contribution in [0.1, 0.15) is 39.6 Å². The summed E-state index contributed by atoms with van der Waals surface area (Å²) >= 11 is 2.06. The van der Waals surface area contributed by atoms with E-state index in [4.69, 9.17) is 4.52 Å². The normalized spacial score (nSPS) is 10.8. The molecular formula is C11H11FIO4P. The molecule has 0 aliphatic carbocycles. The number of Topliss-reactive ketones (excluding diaryl/α,β-unsaturated/α-hetero) is 1. The van der Waals surface area contributed by atoms with E-state index in [0.29, 0.717) is 17.5 Å². The van der Waals surface area contributed by atoms with Gasteiger partial charge in [0.25, 0.3) is 0 Å². The van der Waals surface area contributed by atoms with Crippen molar-refractivity contribution in [3.8, 4) is 0 Å². The summed E-state index contributed by atoms with van der Waals surface area (Å²) < 4.78 is 17.1. The summed E-state index contributed by atoms with van der Waals surface area (Å²) in [5, 5.41) is 0. The Morgan fingerprint density at radius 1 is 1.33 bits per heavy atom. The van der Waals surface area contributed by atoms with Gasteiger partial charge in [0, 0.05) is 16.5 Å². The Labute approximate surface area is 118 Å². The largest absolute Gasteiger partial charge is 0.379 e. The second-order valence-electron chi connectivity index (χ2n) is 3.43. The van der Waals surface area contributed by atoms with Crippen molar-refractivity contribution in [2.24, 2.45) is 0 Å². The zero-order chi connectivity index (χ0) is 13.5. The summed E-state index contributed by atoms with van der Waals surface area (Å²) in [6.07, 6.45) is 0.308. The fourth-order valence-electron chi connectivity index (χ4n) is 1.41. The minimum atomic E-state index is -1.11. The molecule has 0 spiro atoms. The van der Waals surface area contributed by atoms with E-state index >= 15 is 0 Å². The maximum atomic E-state index is 11.9. The lowest BCUT2D eigenvalue weighted by molar-refractivity contribution is -0.0788. The minimum absolute atomic E-state index is 0.00666. The lowest BCUT2D eigenvalue weighted by Crippen LogP contribution is -2.05. The molecule has 0 aliphatic heterocycles. The molecule has 98 valence electrons. The molecule has 4 nitrogen and oxygen atoms in total. The lowest BCUT2D eigenvalue weighted by Gasteiger charge is -2.06. The number of rotatable bonds is 6. The highest BCUT2D eigenvalue weighted by Crippen LogP contribution is 2.24. The molecule has 1 aromatic rings. The van der Waals surface area contributed by atoms with Gasteiger partial charge in [-0.3, -0.25) is 4.79 Å². The fourth-order valence-corrected chi connectivity index (χ4v) is 2.10. The van der Waals surface area contributed by atoms with E-state index in [2.05, 4.69) is 27.0 Å². The van der Waals surface area contributed by atoms with Crippen LogP contribution in [0.5, 0.6) is 0 Å². The average Bonchev–Trinajstić information content (AvgIpc) is 2.42. The van der Waals surface area contributed by atoms with Crippen LogP contribution < -0.4 is 0 Å². The highest BCUT2D eigenvalue weighted by Gasteiger charge is 2.13. The topological polar surface area (TPSA) is 52.6 Å². The molecule has 7 heteroatoms. The van der Waals surface area contributed by atoms with Crippen LogP contribution in [0, 0.1) is 0 Å². The van der Waals surface area contributed by atoms with E-state index in [1.54, 1.807) is 13.0 Å². The van der Waals surface area contributed by atoms with Gasteiger partial charge in [0.15, 0.2) is 5.78 Å². The fraction of sp³-hybridized carbons (Fsp3) is 0.273. The zero-order valence-electron chi connectivity index (χ0n) is 9.54. The number of benzene rings is 1. The first-order chi connectivity index (χ1) is 8.62. The zero-order valence-corrected chi connectivity index (χ0v) is 12.7. The first kappa shape index (κ1) is 15.5. The molecule has 0 aromatic heterocycles. The van der Waals surface area contributed by atoms with Crippen molar-refractivity contribution >= 4 is 40.2 Å². The average molecular weight is 384 g/mol. The number of ketones is 1. The van der Waals surface area contributed by atoms with Crippen LogP contribution in [0.15, 0.2) is 18.2 Å². The summed E-state index contributed by atoms with van der Waals surface area (Å²) in [5.74, 6) is -1.24. The SMILES string of the molecule is CCC(=O)c1cc(COPI)cc(C(=O)OF)c1. The van der Waals surface area contributed by atoms with Crippen LogP contribution in [0.2, 0.25) is 0 Å². The minimum Gasteiger partial charge on any atom is -0.347 e. The van der Waals surface area contributed by atoms with Crippen molar-refractivity contribution in [3.63, 3.8) is 0 Å². The van der Waals surface area contributed by atoms with E-state index in [1.165, 1.54) is 12.1 Å². The van der Waals surface area contributed by atoms with Gasteiger partial charge in [0.2, 0.25) is 0 Å². The van der Waals surface area contributed by atoms with Crippen LogP contribution in [0.4, 0.5) is 4.53 Å². The van der Waals surface area contributed by atoms with E-state index < -0.39 is 5.97 Å². The van der Waals surface area contributed by atoms with Gasteiger partial charge in [-0.1, -0.05) is 6.92 Å². The van der Waals surface area contributed by atoms with E-state index in [0.717, 1.165) is 0 Å². The molecule has 1 rings (SSSR count). The molecule has 0 bridgehead atoms. The van der Waals surface area contributed by atoms with Crippen molar-refractivity contribution in [3.05, 3.63) is 34.9 Å². The van der Waals surface area contributed by atoms with Crippen LogP contribution in [-0.4, -0.2) is 11.8 Å². The number of halogens is 2. The summed E-state index contributed by atoms with van der Waals surface area (Å²) in [7, 11) is 0. The van der Waals surface area contributed by atoms with Gasteiger partial charge in [0.1, 0.15) is 0 Å². The van der Waals surface area contributed by atoms with Gasteiger partial charge < -0.3 is 4.52 Å². The monoisotopic (exact) mass is 384 g/mol. The van der Waals surface area contributed by atoms with E-state index in [9.17, 15) is 14.1 Å². The van der Waals surface area contributed by atoms with Crippen molar-refractivity contribution in [2.75, 3.05) is 0 Å². The van der Waals surface area contributed by atoms with E-state index in [-0.39, 0.29) is 24.4 Å². The summed E-state index contributed by atoms with van der Waals surface area (Å²) in [5.41, 5.74) is 1.00. The van der Waals surface area contributed by atoms with Gasteiger partial charge in [-0.2, -0.15) is 0 Å². The molecule has 1 atom stereocenters. The first-order valence-corrected chi connectivity index (χ1v) is 9.12. The summed E-state index contributed by atoms with van der Waals surface area (Å²) in [6.45, 7) is 2.24. The van der Waals surface area contributed by atoms with Crippen LogP contribution in [-0.2, 0) is 16.1 Å². The maximum Gasteiger partial charge on any atom is 0.379 e. The highest BCUT2D eigenvalue weighted by atomic mass is 127. The number of hydrogen-bond acceptors (Lipinski definition) is 4. The van der Waals surface area contributed by atoms with Gasteiger partial charge in [-0.15, -0.1) is 0 Å². The van der Waals surface area contributed by atoms with Crippen molar-refractivity contribution < 1.29 is 23.6 Å². The number of carbonyl (C=O) groups excluding carboxylic acids is 2. The molecule has 1 unspecified atom stereocenters. The third-order valence-electron chi connectivity index (χ3n) is 2.24. The highest BCUT2D eigenvalue weighted by molar-refractivity contribution is 14.2. The standard InChI is InChI=1S/C11H11FIO4P/c1-2-10(14)8-3-7(6-16-18-13)4-9(5-8)11(15)17-12/h3-5,18H,2,6H2,1H3. The van der Waals surface area contributed by atoms with Gasteiger partial charge >= 0.3 is 5.97 Å². The van der Waals surface area contributed by atoms with E-state index in [1.807, 2.05) is 0 Å². The Morgan fingerprint density at radius 2 is 2.00 bits per heavy atom. The first-order valence-electron chi connectivity index (χ1n) is 5.09. The predicted molar refractivity (Wildman–Crippen MR) is 74.7 cm³/mol. The molecule has 0 saturated heterocycles. The Morgan fingerprint density at radius 3 is 2.56 bits per heavy atom. The molecule has 0 saturated carbocycles. The van der Waals surface area contributed by atoms with Gasteiger partial charge in [0.05, 0.1) is 18.6 Å². The molecule has 0 N–H and O–H groups in total. The van der Waals surface area contributed by atoms with Crippen LogP contribution in [0.3, 0.4) is 0 Å². The molecule has 18 heavy (non-hydrogen) atoms. The third-order valence-corrected chi connectivity index (χ3v) is 3.42. The quantitative estimate of drug-likeness (QED) is 0.426. The van der Waals surface area contributed by atoms with Crippen molar-refractivity contribution in [1.82, 2.24) is 0 Å². The summed E-state index contributed by atoms with van der Waals surface area (Å²) in [4.78, 5) is 25.9. The second-order valence-corrected chi connectivity index (χ2v) is 5.19. The van der Waals surface area contributed by atoms with Crippen molar-refractivity contribution in [2.45, 2.75) is 20.0 Å². The summed E-state index contributed by atoms with van der Waals surface area (Å²) in [6, 6.07) is 4.41. The second kappa shape index (κ2) is 7.76. The lowest BCUT2D eigenvalue weighted by atomic mass is 10.0. The van der Waals surface area contributed by atoms with Gasteiger partial charge in [-0.05, 0) is 45.8 Å². The Hall–Kier alpha value is -0.590. The number of carbonyl (C=O) groups is 2. The maximum absolute atomic E-state index is 11.9. The third kappa shape index (κ3) is 4.26. The molecule has 0 heterocycles. The molecule has 1 aromatic carbocycles. The Bertz CT molecular complexity index is 418.